The molecule has 0 radical (unpaired) electrons. The zero-order chi connectivity index (χ0) is 21.0. The van der Waals surface area contributed by atoms with Crippen molar-refractivity contribution in [2.75, 3.05) is 30.3 Å². The van der Waals surface area contributed by atoms with Gasteiger partial charge < -0.3 is 20.7 Å². The van der Waals surface area contributed by atoms with Crippen molar-refractivity contribution in [2.24, 2.45) is 0 Å². The number of aromatic nitrogens is 2. The van der Waals surface area contributed by atoms with Crippen LogP contribution in [-0.4, -0.2) is 47.0 Å². The van der Waals surface area contributed by atoms with Crippen molar-refractivity contribution in [1.82, 2.24) is 15.3 Å². The van der Waals surface area contributed by atoms with E-state index in [1.54, 1.807) is 6.07 Å². The standard InChI is InChI=1S/C20H26N6O.C2H6/c1-13-11-26(8-7-23-13)18-10-17(24-12-25-18)19(22)15-9-14(3-4-16(15)21)27-20(2)5-6-20;1-2/h3-4,9-10,12-13,22-23H,5-8,11,21H2,1-2H3;1-2H3. The monoisotopic (exact) mass is 396 g/mol. The van der Waals surface area contributed by atoms with Crippen molar-refractivity contribution >= 4 is 17.2 Å². The molecule has 1 unspecified atom stereocenters. The molecule has 2 fully saturated rings. The lowest BCUT2D eigenvalue weighted by molar-refractivity contribution is 0.200. The molecule has 0 spiro atoms. The van der Waals surface area contributed by atoms with Crippen molar-refractivity contribution in [2.45, 2.75) is 52.2 Å². The molecule has 1 saturated heterocycles. The van der Waals surface area contributed by atoms with Crippen LogP contribution in [0.4, 0.5) is 11.5 Å². The van der Waals surface area contributed by atoms with Gasteiger partial charge in [0.1, 0.15) is 23.5 Å². The average molecular weight is 397 g/mol. The maximum atomic E-state index is 8.65. The second kappa shape index (κ2) is 8.78. The van der Waals surface area contributed by atoms with Crippen LogP contribution in [-0.2, 0) is 0 Å². The predicted molar refractivity (Wildman–Crippen MR) is 118 cm³/mol. The Bertz CT molecular complexity index is 864. The molecule has 1 aromatic carbocycles. The lowest BCUT2D eigenvalue weighted by atomic mass is 10.0. The first kappa shape index (κ1) is 21.0. The van der Waals surface area contributed by atoms with E-state index < -0.39 is 0 Å². The summed E-state index contributed by atoms with van der Waals surface area (Å²) in [5, 5.41) is 12.1. The predicted octanol–water partition coefficient (Wildman–Crippen LogP) is 3.23. The lowest BCUT2D eigenvalue weighted by Crippen LogP contribution is -2.49. The van der Waals surface area contributed by atoms with Gasteiger partial charge in [-0.25, -0.2) is 9.97 Å². The van der Waals surface area contributed by atoms with Crippen LogP contribution < -0.4 is 20.7 Å². The summed E-state index contributed by atoms with van der Waals surface area (Å²) in [4.78, 5) is 10.9. The molecule has 156 valence electrons. The molecule has 7 heteroatoms. The Kier molecular flexibility index (Phi) is 6.37. The maximum absolute atomic E-state index is 8.65. The first-order chi connectivity index (χ1) is 13.9. The van der Waals surface area contributed by atoms with Crippen LogP contribution in [0.2, 0.25) is 0 Å². The fourth-order valence-electron chi connectivity index (χ4n) is 3.31. The van der Waals surface area contributed by atoms with Gasteiger partial charge in [0, 0.05) is 43.0 Å². The molecule has 1 aliphatic heterocycles. The molecule has 1 saturated carbocycles. The average Bonchev–Trinajstić information content (AvgIpc) is 3.47. The number of hydrogen-bond donors (Lipinski definition) is 3. The number of rotatable bonds is 5. The smallest absolute Gasteiger partial charge is 0.132 e. The Morgan fingerprint density at radius 1 is 1.28 bits per heavy atom. The van der Waals surface area contributed by atoms with Gasteiger partial charge in [-0.15, -0.1) is 0 Å². The van der Waals surface area contributed by atoms with Crippen LogP contribution in [0.1, 0.15) is 51.8 Å². The highest BCUT2D eigenvalue weighted by Gasteiger charge is 2.40. The fraction of sp³-hybridized carbons (Fsp3) is 0.500. The number of benzene rings is 1. The summed E-state index contributed by atoms with van der Waals surface area (Å²) in [6.07, 6.45) is 3.64. The van der Waals surface area contributed by atoms with E-state index in [-0.39, 0.29) is 11.3 Å². The number of ether oxygens (including phenoxy) is 1. The van der Waals surface area contributed by atoms with Crippen LogP contribution in [0.15, 0.2) is 30.6 Å². The molecule has 1 atom stereocenters. The van der Waals surface area contributed by atoms with Gasteiger partial charge in [0.05, 0.1) is 11.4 Å². The van der Waals surface area contributed by atoms with Crippen LogP contribution in [0, 0.1) is 5.41 Å². The maximum Gasteiger partial charge on any atom is 0.132 e. The van der Waals surface area contributed by atoms with Crippen LogP contribution in [0.3, 0.4) is 0 Å². The molecule has 29 heavy (non-hydrogen) atoms. The number of nitrogens with zero attached hydrogens (tertiary/aromatic N) is 3. The van der Waals surface area contributed by atoms with Gasteiger partial charge in [0.2, 0.25) is 0 Å². The largest absolute Gasteiger partial charge is 0.488 e. The molecule has 2 heterocycles. The number of piperazine rings is 1. The first-order valence-corrected chi connectivity index (χ1v) is 10.4. The molecule has 0 amide bonds. The van der Waals surface area contributed by atoms with Crippen molar-refractivity contribution in [3.05, 3.63) is 41.9 Å². The molecule has 1 aliphatic carbocycles. The SMILES string of the molecule is CC.CC1CN(c2cc(C(=N)c3cc(OC4(C)CC4)ccc3N)ncn2)CCN1. The summed E-state index contributed by atoms with van der Waals surface area (Å²) in [5.74, 6) is 1.59. The van der Waals surface area contributed by atoms with Gasteiger partial charge in [-0.2, -0.15) is 0 Å². The van der Waals surface area contributed by atoms with Crippen LogP contribution in [0.5, 0.6) is 5.75 Å². The molecular formula is C22H32N6O. The lowest BCUT2D eigenvalue weighted by Gasteiger charge is -2.32. The van der Waals surface area contributed by atoms with E-state index in [1.165, 1.54) is 6.33 Å². The molecule has 2 aliphatic rings. The summed E-state index contributed by atoms with van der Waals surface area (Å²) < 4.78 is 6.03. The zero-order valence-electron chi connectivity index (χ0n) is 17.8. The van der Waals surface area contributed by atoms with Crippen molar-refractivity contribution < 1.29 is 4.74 Å². The molecule has 4 rings (SSSR count). The van der Waals surface area contributed by atoms with Gasteiger partial charge in [0.25, 0.3) is 0 Å². The summed E-state index contributed by atoms with van der Waals surface area (Å²) in [6.45, 7) is 10.9. The van der Waals surface area contributed by atoms with E-state index >= 15 is 0 Å². The van der Waals surface area contributed by atoms with Crippen molar-refractivity contribution in [3.8, 4) is 5.75 Å². The van der Waals surface area contributed by atoms with E-state index in [0.29, 0.717) is 23.0 Å². The second-order valence-corrected chi connectivity index (χ2v) is 7.74. The number of nitrogens with one attached hydrogen (secondary N) is 2. The van der Waals surface area contributed by atoms with Gasteiger partial charge in [-0.1, -0.05) is 13.8 Å². The Hall–Kier alpha value is -2.67. The molecular weight excluding hydrogens is 364 g/mol. The molecule has 2 aromatic rings. The van der Waals surface area contributed by atoms with Gasteiger partial charge in [-0.05, 0) is 44.9 Å². The minimum absolute atomic E-state index is 0.0728. The van der Waals surface area contributed by atoms with Crippen LogP contribution in [0.25, 0.3) is 0 Å². The highest BCUT2D eigenvalue weighted by atomic mass is 16.5. The Morgan fingerprint density at radius 3 is 2.72 bits per heavy atom. The highest BCUT2D eigenvalue weighted by Crippen LogP contribution is 2.40. The van der Waals surface area contributed by atoms with Gasteiger partial charge in [-0.3, -0.25) is 5.41 Å². The van der Waals surface area contributed by atoms with E-state index in [0.717, 1.165) is 44.0 Å². The van der Waals surface area contributed by atoms with E-state index in [1.807, 2.05) is 32.0 Å². The molecule has 0 bridgehead atoms. The number of anilines is 2. The fourth-order valence-corrected chi connectivity index (χ4v) is 3.31. The normalized spacial score (nSPS) is 19.7. The van der Waals surface area contributed by atoms with E-state index in [9.17, 15) is 0 Å². The van der Waals surface area contributed by atoms with Crippen LogP contribution >= 0.6 is 0 Å². The van der Waals surface area contributed by atoms with Crippen molar-refractivity contribution in [1.29, 1.82) is 5.41 Å². The number of nitrogen functional groups attached to an aromatic ring is 1. The Morgan fingerprint density at radius 2 is 2.03 bits per heavy atom. The first-order valence-electron chi connectivity index (χ1n) is 10.4. The summed E-state index contributed by atoms with van der Waals surface area (Å²) in [5.41, 5.74) is 8.10. The van der Waals surface area contributed by atoms with Gasteiger partial charge >= 0.3 is 0 Å². The molecule has 7 nitrogen and oxygen atoms in total. The highest BCUT2D eigenvalue weighted by molar-refractivity contribution is 6.13. The molecule has 1 aromatic heterocycles. The summed E-state index contributed by atoms with van der Waals surface area (Å²) in [7, 11) is 0. The quantitative estimate of drug-likeness (QED) is 0.530. The number of nitrogens with two attached hydrogens (primary N) is 1. The zero-order valence-corrected chi connectivity index (χ0v) is 17.8. The third-order valence-electron chi connectivity index (χ3n) is 5.21. The third-order valence-corrected chi connectivity index (χ3v) is 5.21. The second-order valence-electron chi connectivity index (χ2n) is 7.74. The van der Waals surface area contributed by atoms with E-state index in [2.05, 4.69) is 34.0 Å². The summed E-state index contributed by atoms with van der Waals surface area (Å²) >= 11 is 0. The topological polar surface area (TPSA) is 100 Å². The third kappa shape index (κ3) is 5.03. The molecule has 4 N–H and O–H groups in total. The van der Waals surface area contributed by atoms with Crippen molar-refractivity contribution in [3.63, 3.8) is 0 Å². The van der Waals surface area contributed by atoms with E-state index in [4.69, 9.17) is 15.9 Å². The Balaban J connectivity index is 0.00000117. The van der Waals surface area contributed by atoms with Gasteiger partial charge in [0.15, 0.2) is 0 Å². The minimum atomic E-state index is -0.0728. The minimum Gasteiger partial charge on any atom is -0.488 e. The Labute approximate surface area is 173 Å². The number of hydrogen-bond acceptors (Lipinski definition) is 7. The summed E-state index contributed by atoms with van der Waals surface area (Å²) in [6, 6.07) is 7.78.